The first-order chi connectivity index (χ1) is 22.9. The van der Waals surface area contributed by atoms with Crippen LogP contribution in [0.5, 0.6) is 0 Å². The third-order valence-electron chi connectivity index (χ3n) is 10.0. The third kappa shape index (κ3) is 4.77. The van der Waals surface area contributed by atoms with Gasteiger partial charge in [0.05, 0.1) is 11.4 Å². The van der Waals surface area contributed by atoms with Crippen LogP contribution < -0.4 is 4.90 Å². The summed E-state index contributed by atoms with van der Waals surface area (Å²) in [7, 11) is 0. The zero-order chi connectivity index (χ0) is 32.1. The average Bonchev–Trinajstić information content (AvgIpc) is 3.35. The van der Waals surface area contributed by atoms with Gasteiger partial charge in [-0.1, -0.05) is 161 Å². The Kier molecular flexibility index (Phi) is 7.07. The van der Waals surface area contributed by atoms with Gasteiger partial charge in [0.15, 0.2) is 0 Å². The maximum atomic E-state index is 2.50. The van der Waals surface area contributed by atoms with E-state index in [0.717, 1.165) is 17.1 Å². The second-order valence-corrected chi connectivity index (χ2v) is 13.5. The van der Waals surface area contributed by atoms with Crippen molar-refractivity contribution < 1.29 is 0 Å². The molecule has 0 bridgehead atoms. The lowest BCUT2D eigenvalue weighted by molar-refractivity contribution is 0.659. The first-order valence-electron chi connectivity index (χ1n) is 16.7. The molecule has 0 spiro atoms. The Morgan fingerprint density at radius 3 is 1.94 bits per heavy atom. The Balaban J connectivity index is 1.44. The third-order valence-corrected chi connectivity index (χ3v) is 10.0. The van der Waals surface area contributed by atoms with Crippen LogP contribution in [0.4, 0.5) is 17.1 Å². The summed E-state index contributed by atoms with van der Waals surface area (Å²) in [4.78, 5) is 2.50. The Morgan fingerprint density at radius 2 is 1.17 bits per heavy atom. The molecule has 7 aromatic carbocycles. The summed E-state index contributed by atoms with van der Waals surface area (Å²) < 4.78 is 0. The highest BCUT2D eigenvalue weighted by atomic mass is 15.1. The molecule has 1 aliphatic rings. The van der Waals surface area contributed by atoms with Gasteiger partial charge in [0.1, 0.15) is 0 Å². The fourth-order valence-electron chi connectivity index (χ4n) is 7.72. The molecular formula is C46H39N. The molecule has 1 heteroatoms. The van der Waals surface area contributed by atoms with E-state index in [0.29, 0.717) is 5.92 Å². The van der Waals surface area contributed by atoms with Crippen molar-refractivity contribution in [3.63, 3.8) is 0 Å². The minimum Gasteiger partial charge on any atom is -0.309 e. The van der Waals surface area contributed by atoms with E-state index in [-0.39, 0.29) is 5.41 Å². The van der Waals surface area contributed by atoms with Gasteiger partial charge in [0, 0.05) is 22.2 Å². The first kappa shape index (κ1) is 29.0. The van der Waals surface area contributed by atoms with E-state index >= 15 is 0 Å². The van der Waals surface area contributed by atoms with Gasteiger partial charge in [-0.2, -0.15) is 0 Å². The molecule has 0 N–H and O–H groups in total. The van der Waals surface area contributed by atoms with Crippen LogP contribution in [0.3, 0.4) is 0 Å². The quantitative estimate of drug-likeness (QED) is 0.182. The summed E-state index contributed by atoms with van der Waals surface area (Å²) in [6, 6.07) is 57.9. The molecule has 1 nitrogen and oxygen atoms in total. The number of para-hydroxylation sites is 1. The molecule has 47 heavy (non-hydrogen) atoms. The molecule has 0 radical (unpaired) electrons. The Morgan fingerprint density at radius 1 is 0.489 bits per heavy atom. The van der Waals surface area contributed by atoms with Crippen LogP contribution in [0.15, 0.2) is 158 Å². The second kappa shape index (κ2) is 11.4. The SMILES string of the molecule is CC(C)c1cccc2c1-c1ccc(N(c3ccccc3-c3ccccc3)c3ccc4ccccc4c3-c3ccccc3)cc1C2(C)C. The summed E-state index contributed by atoms with van der Waals surface area (Å²) in [5, 5.41) is 2.48. The van der Waals surface area contributed by atoms with Crippen molar-refractivity contribution in [1.29, 1.82) is 0 Å². The molecule has 0 saturated carbocycles. The van der Waals surface area contributed by atoms with Crippen molar-refractivity contribution in [3.05, 3.63) is 174 Å². The van der Waals surface area contributed by atoms with Crippen molar-refractivity contribution in [2.24, 2.45) is 0 Å². The lowest BCUT2D eigenvalue weighted by atomic mass is 9.81. The van der Waals surface area contributed by atoms with Crippen molar-refractivity contribution >= 4 is 27.8 Å². The number of anilines is 3. The van der Waals surface area contributed by atoms with Gasteiger partial charge in [-0.3, -0.25) is 0 Å². The van der Waals surface area contributed by atoms with E-state index in [1.165, 1.54) is 60.8 Å². The van der Waals surface area contributed by atoms with Crippen molar-refractivity contribution in [1.82, 2.24) is 0 Å². The smallest absolute Gasteiger partial charge is 0.0546 e. The van der Waals surface area contributed by atoms with E-state index < -0.39 is 0 Å². The minimum atomic E-state index is -0.123. The Bertz CT molecular complexity index is 2240. The van der Waals surface area contributed by atoms with Gasteiger partial charge >= 0.3 is 0 Å². The highest BCUT2D eigenvalue weighted by Crippen LogP contribution is 2.54. The van der Waals surface area contributed by atoms with Crippen LogP contribution in [0.2, 0.25) is 0 Å². The van der Waals surface area contributed by atoms with Crippen molar-refractivity contribution in [2.75, 3.05) is 4.90 Å². The zero-order valence-corrected chi connectivity index (χ0v) is 27.5. The molecule has 0 atom stereocenters. The number of rotatable bonds is 6. The van der Waals surface area contributed by atoms with Gasteiger partial charge in [-0.25, -0.2) is 0 Å². The van der Waals surface area contributed by atoms with Gasteiger partial charge in [0.25, 0.3) is 0 Å². The molecule has 228 valence electrons. The predicted octanol–water partition coefficient (Wildman–Crippen LogP) is 13.1. The molecule has 0 fully saturated rings. The van der Waals surface area contributed by atoms with Gasteiger partial charge < -0.3 is 4.90 Å². The summed E-state index contributed by atoms with van der Waals surface area (Å²) in [6.07, 6.45) is 0. The molecular weight excluding hydrogens is 567 g/mol. The molecule has 0 saturated heterocycles. The Labute approximate surface area is 278 Å². The zero-order valence-electron chi connectivity index (χ0n) is 27.5. The van der Waals surface area contributed by atoms with Crippen LogP contribution in [-0.2, 0) is 5.41 Å². The van der Waals surface area contributed by atoms with Crippen LogP contribution in [0.25, 0.3) is 44.2 Å². The highest BCUT2D eigenvalue weighted by Gasteiger charge is 2.38. The topological polar surface area (TPSA) is 3.24 Å². The molecule has 0 heterocycles. The van der Waals surface area contributed by atoms with Gasteiger partial charge in [-0.05, 0) is 79.9 Å². The van der Waals surface area contributed by atoms with Gasteiger partial charge in [0.2, 0.25) is 0 Å². The van der Waals surface area contributed by atoms with E-state index in [4.69, 9.17) is 0 Å². The van der Waals surface area contributed by atoms with Gasteiger partial charge in [-0.15, -0.1) is 0 Å². The standard InChI is InChI=1S/C46H39N/c1-31(2)36-23-15-24-40-45(36)39-28-27-35(30-41(39)46(40,3)4)47(42-25-14-13-21-37(42)32-16-7-5-8-17-32)43-29-26-33-18-11-12-22-38(33)44(43)34-19-9-6-10-20-34/h5-31H,1-4H3. The number of fused-ring (bicyclic) bond motifs is 4. The van der Waals surface area contributed by atoms with E-state index in [1.54, 1.807) is 0 Å². The van der Waals surface area contributed by atoms with Crippen LogP contribution >= 0.6 is 0 Å². The molecule has 0 amide bonds. The average molecular weight is 606 g/mol. The molecule has 1 aliphatic carbocycles. The first-order valence-corrected chi connectivity index (χ1v) is 16.7. The summed E-state index contributed by atoms with van der Waals surface area (Å²) in [6.45, 7) is 9.39. The lowest BCUT2D eigenvalue weighted by Gasteiger charge is -2.32. The summed E-state index contributed by atoms with van der Waals surface area (Å²) >= 11 is 0. The summed E-state index contributed by atoms with van der Waals surface area (Å²) in [5.41, 5.74) is 15.2. The second-order valence-electron chi connectivity index (χ2n) is 13.5. The number of nitrogens with zero attached hydrogens (tertiary/aromatic N) is 1. The van der Waals surface area contributed by atoms with Crippen molar-refractivity contribution in [2.45, 2.75) is 39.0 Å². The molecule has 8 rings (SSSR count). The lowest BCUT2D eigenvalue weighted by Crippen LogP contribution is -2.17. The van der Waals surface area contributed by atoms with Crippen molar-refractivity contribution in [3.8, 4) is 33.4 Å². The molecule has 0 aliphatic heterocycles. The normalized spacial score (nSPS) is 13.0. The monoisotopic (exact) mass is 605 g/mol. The maximum absolute atomic E-state index is 2.50. The number of benzene rings is 7. The fraction of sp³-hybridized carbons (Fsp3) is 0.130. The highest BCUT2D eigenvalue weighted by molar-refractivity contribution is 6.06. The van der Waals surface area contributed by atoms with Crippen LogP contribution in [0.1, 0.15) is 50.3 Å². The molecule has 7 aromatic rings. The number of hydrogen-bond donors (Lipinski definition) is 0. The predicted molar refractivity (Wildman–Crippen MR) is 201 cm³/mol. The number of hydrogen-bond acceptors (Lipinski definition) is 1. The molecule has 0 unspecified atom stereocenters. The van der Waals surface area contributed by atoms with Crippen LogP contribution in [0, 0.1) is 0 Å². The fourth-order valence-corrected chi connectivity index (χ4v) is 7.72. The van der Waals surface area contributed by atoms with Crippen LogP contribution in [-0.4, -0.2) is 0 Å². The summed E-state index contributed by atoms with van der Waals surface area (Å²) in [5.74, 6) is 0.451. The maximum Gasteiger partial charge on any atom is 0.0546 e. The Hall–Kier alpha value is -5.40. The van der Waals surface area contributed by atoms with E-state index in [9.17, 15) is 0 Å². The minimum absolute atomic E-state index is 0.123. The van der Waals surface area contributed by atoms with E-state index in [2.05, 4.69) is 190 Å². The largest absolute Gasteiger partial charge is 0.309 e. The van der Waals surface area contributed by atoms with E-state index in [1.807, 2.05) is 0 Å². The molecule has 0 aromatic heterocycles.